The zero-order chi connectivity index (χ0) is 25.1. The third kappa shape index (κ3) is 5.86. The number of halogens is 2. The number of anilines is 1. The molecule has 0 aromatic heterocycles. The first-order valence-electron chi connectivity index (χ1n) is 11.8. The van der Waals surface area contributed by atoms with Crippen molar-refractivity contribution in [1.82, 2.24) is 10.6 Å². The van der Waals surface area contributed by atoms with Crippen LogP contribution in [0.4, 0.5) is 14.5 Å². The molecule has 0 bridgehead atoms. The van der Waals surface area contributed by atoms with Crippen molar-refractivity contribution in [3.8, 4) is 11.1 Å². The van der Waals surface area contributed by atoms with Crippen molar-refractivity contribution in [1.29, 1.82) is 0 Å². The Balaban J connectivity index is 1.55. The number of rotatable bonds is 9. The minimum atomic E-state index is -0.988. The van der Waals surface area contributed by atoms with Gasteiger partial charge in [-0.15, -0.1) is 0 Å². The fourth-order valence-corrected chi connectivity index (χ4v) is 4.76. The molecule has 0 spiro atoms. The summed E-state index contributed by atoms with van der Waals surface area (Å²) >= 11 is 0. The van der Waals surface area contributed by atoms with Gasteiger partial charge in [-0.3, -0.25) is 4.79 Å². The van der Waals surface area contributed by atoms with Crippen molar-refractivity contribution in [3.63, 3.8) is 0 Å². The molecule has 4 rings (SSSR count). The number of amides is 1. The topological polar surface area (TPSA) is 73.4 Å². The number of aliphatic hydroxyl groups is 1. The standard InChI is InChI=1S/C28H31F2N3O2/c1-16(2)32-21-8-9-23-22-6-4-5-7-24(22)28(25(23)14-21)31-15-27(35)26(33-17(3)34)12-18-10-19(29)13-20(30)11-18/h4-11,13-14,16,26-28,31-32,35H,12,15H2,1-3H3,(H,33,34)/t26-,27+,28?/m0/s1. The van der Waals surface area contributed by atoms with E-state index in [1.165, 1.54) is 19.1 Å². The van der Waals surface area contributed by atoms with Gasteiger partial charge in [0, 0.05) is 31.3 Å². The first kappa shape index (κ1) is 24.8. The molecule has 3 atom stereocenters. The second-order valence-electron chi connectivity index (χ2n) is 9.39. The van der Waals surface area contributed by atoms with Crippen molar-refractivity contribution in [2.45, 2.75) is 51.4 Å². The average molecular weight is 480 g/mol. The number of nitrogens with one attached hydrogen (secondary N) is 3. The zero-order valence-corrected chi connectivity index (χ0v) is 20.1. The SMILES string of the molecule is CC(=O)N[C@@H](Cc1cc(F)cc(F)c1)[C@H](O)CNC1c2ccccc2-c2ccc(NC(C)C)cc21. The molecule has 0 aliphatic heterocycles. The zero-order valence-electron chi connectivity index (χ0n) is 20.1. The van der Waals surface area contributed by atoms with Gasteiger partial charge in [0.1, 0.15) is 11.6 Å². The van der Waals surface area contributed by atoms with Gasteiger partial charge in [0.25, 0.3) is 0 Å². The molecule has 1 aliphatic carbocycles. The number of carbonyl (C=O) groups is 1. The van der Waals surface area contributed by atoms with Crippen LogP contribution in [-0.4, -0.2) is 35.7 Å². The Kier molecular flexibility index (Phi) is 7.48. The van der Waals surface area contributed by atoms with E-state index in [0.717, 1.165) is 34.0 Å². The minimum absolute atomic E-state index is 0.0946. The van der Waals surface area contributed by atoms with Crippen molar-refractivity contribution < 1.29 is 18.7 Å². The van der Waals surface area contributed by atoms with Crippen molar-refractivity contribution in [2.75, 3.05) is 11.9 Å². The summed E-state index contributed by atoms with van der Waals surface area (Å²) in [5.74, 6) is -1.72. The molecule has 1 aliphatic rings. The Bertz CT molecular complexity index is 1190. The molecule has 3 aromatic rings. The maximum atomic E-state index is 13.7. The van der Waals surface area contributed by atoms with E-state index in [-0.39, 0.29) is 31.0 Å². The van der Waals surface area contributed by atoms with Gasteiger partial charge < -0.3 is 21.1 Å². The molecule has 0 fully saturated rings. The van der Waals surface area contributed by atoms with E-state index in [1.54, 1.807) is 0 Å². The van der Waals surface area contributed by atoms with Gasteiger partial charge in [-0.1, -0.05) is 30.3 Å². The Hall–Kier alpha value is -3.29. The van der Waals surface area contributed by atoms with Crippen LogP contribution in [0.2, 0.25) is 0 Å². The summed E-state index contributed by atoms with van der Waals surface area (Å²) in [6, 6.07) is 17.1. The van der Waals surface area contributed by atoms with Crippen LogP contribution in [0.3, 0.4) is 0 Å². The van der Waals surface area contributed by atoms with Crippen LogP contribution in [0.5, 0.6) is 0 Å². The van der Waals surface area contributed by atoms with E-state index < -0.39 is 23.8 Å². The first-order chi connectivity index (χ1) is 16.7. The molecule has 1 unspecified atom stereocenters. The highest BCUT2D eigenvalue weighted by molar-refractivity contribution is 5.80. The van der Waals surface area contributed by atoms with Gasteiger partial charge in [-0.05, 0) is 72.4 Å². The molecule has 35 heavy (non-hydrogen) atoms. The van der Waals surface area contributed by atoms with Crippen LogP contribution < -0.4 is 16.0 Å². The Morgan fingerprint density at radius 3 is 2.34 bits per heavy atom. The maximum Gasteiger partial charge on any atom is 0.217 e. The molecule has 5 nitrogen and oxygen atoms in total. The highest BCUT2D eigenvalue weighted by atomic mass is 19.1. The molecule has 0 heterocycles. The number of aliphatic hydroxyl groups excluding tert-OH is 1. The summed E-state index contributed by atoms with van der Waals surface area (Å²) in [5.41, 5.74) is 5.87. The lowest BCUT2D eigenvalue weighted by Crippen LogP contribution is -2.48. The van der Waals surface area contributed by atoms with E-state index >= 15 is 0 Å². The van der Waals surface area contributed by atoms with Gasteiger partial charge in [0.15, 0.2) is 0 Å². The smallest absolute Gasteiger partial charge is 0.217 e. The molecule has 7 heteroatoms. The maximum absolute atomic E-state index is 13.7. The molecule has 4 N–H and O–H groups in total. The third-order valence-corrected chi connectivity index (χ3v) is 6.14. The van der Waals surface area contributed by atoms with Crippen LogP contribution in [0.15, 0.2) is 60.7 Å². The van der Waals surface area contributed by atoms with E-state index in [9.17, 15) is 18.7 Å². The second-order valence-corrected chi connectivity index (χ2v) is 9.39. The quantitative estimate of drug-likeness (QED) is 0.363. The molecular formula is C28H31F2N3O2. The molecule has 0 radical (unpaired) electrons. The van der Waals surface area contributed by atoms with Crippen molar-refractivity contribution >= 4 is 11.6 Å². The van der Waals surface area contributed by atoms with E-state index in [0.29, 0.717) is 5.56 Å². The average Bonchev–Trinajstić information content (AvgIpc) is 3.08. The van der Waals surface area contributed by atoms with Crippen LogP contribution in [-0.2, 0) is 11.2 Å². The van der Waals surface area contributed by atoms with Gasteiger partial charge in [-0.25, -0.2) is 8.78 Å². The monoisotopic (exact) mass is 479 g/mol. The summed E-state index contributed by atoms with van der Waals surface area (Å²) < 4.78 is 27.4. The third-order valence-electron chi connectivity index (χ3n) is 6.14. The van der Waals surface area contributed by atoms with Gasteiger partial charge in [0.2, 0.25) is 5.91 Å². The van der Waals surface area contributed by atoms with Crippen molar-refractivity contribution in [3.05, 3.63) is 89.0 Å². The first-order valence-corrected chi connectivity index (χ1v) is 11.8. The summed E-state index contributed by atoms with van der Waals surface area (Å²) in [6.45, 7) is 5.69. The predicted molar refractivity (Wildman–Crippen MR) is 134 cm³/mol. The minimum Gasteiger partial charge on any atom is -0.390 e. The van der Waals surface area contributed by atoms with Crippen LogP contribution in [0.25, 0.3) is 11.1 Å². The Morgan fingerprint density at radius 1 is 0.971 bits per heavy atom. The highest BCUT2D eigenvalue weighted by Crippen LogP contribution is 2.44. The van der Waals surface area contributed by atoms with Crippen LogP contribution >= 0.6 is 0 Å². The Labute approximate surface area is 204 Å². The lowest BCUT2D eigenvalue weighted by molar-refractivity contribution is -0.120. The summed E-state index contributed by atoms with van der Waals surface area (Å²) in [7, 11) is 0. The largest absolute Gasteiger partial charge is 0.390 e. The lowest BCUT2D eigenvalue weighted by Gasteiger charge is -2.26. The molecule has 1 amide bonds. The van der Waals surface area contributed by atoms with Crippen LogP contribution in [0.1, 0.15) is 43.5 Å². The summed E-state index contributed by atoms with van der Waals surface area (Å²) in [6.07, 6.45) is -0.893. The normalized spacial score (nSPS) is 15.9. The molecular weight excluding hydrogens is 448 g/mol. The van der Waals surface area contributed by atoms with E-state index in [1.807, 2.05) is 12.1 Å². The molecule has 0 saturated heterocycles. The highest BCUT2D eigenvalue weighted by Gasteiger charge is 2.30. The fraction of sp³-hybridized carbons (Fsp3) is 0.321. The van der Waals surface area contributed by atoms with Crippen LogP contribution in [0, 0.1) is 11.6 Å². The fourth-order valence-electron chi connectivity index (χ4n) is 4.76. The second kappa shape index (κ2) is 10.5. The van der Waals surface area contributed by atoms with Gasteiger partial charge in [0.05, 0.1) is 18.2 Å². The number of hydrogen-bond donors (Lipinski definition) is 4. The summed E-state index contributed by atoms with van der Waals surface area (Å²) in [4.78, 5) is 11.8. The molecule has 3 aromatic carbocycles. The van der Waals surface area contributed by atoms with Crippen molar-refractivity contribution in [2.24, 2.45) is 0 Å². The van der Waals surface area contributed by atoms with E-state index in [2.05, 4.69) is 60.1 Å². The number of fused-ring (bicyclic) bond motifs is 3. The predicted octanol–water partition coefficient (Wildman–Crippen LogP) is 4.55. The number of benzene rings is 3. The number of carbonyl (C=O) groups excluding carboxylic acids is 1. The molecule has 0 saturated carbocycles. The van der Waals surface area contributed by atoms with Gasteiger partial charge >= 0.3 is 0 Å². The number of hydrogen-bond acceptors (Lipinski definition) is 4. The van der Waals surface area contributed by atoms with Gasteiger partial charge in [-0.2, -0.15) is 0 Å². The lowest BCUT2D eigenvalue weighted by atomic mass is 9.99. The van der Waals surface area contributed by atoms with E-state index in [4.69, 9.17) is 0 Å². The Morgan fingerprint density at radius 2 is 1.66 bits per heavy atom. The molecule has 184 valence electrons. The summed E-state index contributed by atoms with van der Waals surface area (Å²) in [5, 5.41) is 20.6.